The summed E-state index contributed by atoms with van der Waals surface area (Å²) in [5.74, 6) is 0.614. The van der Waals surface area contributed by atoms with Gasteiger partial charge in [0.2, 0.25) is 0 Å². The fourth-order valence-electron chi connectivity index (χ4n) is 1.72. The van der Waals surface area contributed by atoms with Crippen molar-refractivity contribution in [3.8, 4) is 0 Å². The first kappa shape index (κ1) is 10.8. The van der Waals surface area contributed by atoms with Gasteiger partial charge in [0, 0.05) is 0 Å². The van der Waals surface area contributed by atoms with Crippen molar-refractivity contribution in [3.63, 3.8) is 0 Å². The highest BCUT2D eigenvalue weighted by Crippen LogP contribution is 2.28. The van der Waals surface area contributed by atoms with E-state index in [2.05, 4.69) is 32.9 Å². The number of aliphatic hydroxyl groups is 1. The predicted molar refractivity (Wildman–Crippen MR) is 56.6 cm³/mol. The van der Waals surface area contributed by atoms with Gasteiger partial charge in [-0.15, -0.1) is 0 Å². The molecule has 0 saturated carbocycles. The molecule has 2 unspecified atom stereocenters. The molecule has 0 radical (unpaired) electrons. The van der Waals surface area contributed by atoms with Crippen LogP contribution in [0.15, 0.2) is 12.2 Å². The summed E-state index contributed by atoms with van der Waals surface area (Å²) in [6, 6.07) is 0. The van der Waals surface area contributed by atoms with E-state index < -0.39 is 0 Å². The molecule has 13 heavy (non-hydrogen) atoms. The molecule has 76 valence electrons. The second-order valence-corrected chi connectivity index (χ2v) is 5.24. The normalized spacial score (nSPS) is 26.0. The van der Waals surface area contributed by atoms with Crippen LogP contribution in [-0.2, 0) is 0 Å². The highest BCUT2D eigenvalue weighted by Gasteiger charge is 2.24. The van der Waals surface area contributed by atoms with E-state index in [-0.39, 0.29) is 11.5 Å². The lowest BCUT2D eigenvalue weighted by Gasteiger charge is -2.29. The minimum Gasteiger partial charge on any atom is -0.393 e. The van der Waals surface area contributed by atoms with Crippen molar-refractivity contribution >= 4 is 0 Å². The molecule has 0 aromatic heterocycles. The molecule has 0 saturated heterocycles. The Kier molecular flexibility index (Phi) is 3.55. The lowest BCUT2D eigenvalue weighted by Crippen LogP contribution is -2.28. The van der Waals surface area contributed by atoms with Crippen molar-refractivity contribution < 1.29 is 5.11 Å². The predicted octanol–water partition coefficient (Wildman–Crippen LogP) is 3.14. The standard InChI is InChI=1S/C12H22O/c1-12(2,3)11(13)9-10-7-5-4-6-8-10/h5,7,10-11,13H,4,6,8-9H2,1-3H3. The van der Waals surface area contributed by atoms with Gasteiger partial charge in [-0.3, -0.25) is 0 Å². The monoisotopic (exact) mass is 182 g/mol. The first-order valence-electron chi connectivity index (χ1n) is 5.35. The summed E-state index contributed by atoms with van der Waals surface area (Å²) < 4.78 is 0. The molecule has 0 spiro atoms. The van der Waals surface area contributed by atoms with Crippen molar-refractivity contribution in [2.45, 2.75) is 52.6 Å². The van der Waals surface area contributed by atoms with E-state index in [1.54, 1.807) is 0 Å². The van der Waals surface area contributed by atoms with Gasteiger partial charge in [-0.2, -0.15) is 0 Å². The lowest BCUT2D eigenvalue weighted by atomic mass is 9.81. The first-order valence-corrected chi connectivity index (χ1v) is 5.35. The second-order valence-electron chi connectivity index (χ2n) is 5.24. The number of allylic oxidation sites excluding steroid dienone is 2. The zero-order chi connectivity index (χ0) is 9.90. The Morgan fingerprint density at radius 1 is 1.46 bits per heavy atom. The van der Waals surface area contributed by atoms with Gasteiger partial charge < -0.3 is 5.11 Å². The molecule has 1 N–H and O–H groups in total. The maximum Gasteiger partial charge on any atom is 0.0594 e. The van der Waals surface area contributed by atoms with Gasteiger partial charge in [0.05, 0.1) is 6.10 Å². The van der Waals surface area contributed by atoms with Gasteiger partial charge in [0.25, 0.3) is 0 Å². The van der Waals surface area contributed by atoms with Crippen molar-refractivity contribution in [1.82, 2.24) is 0 Å². The number of rotatable bonds is 2. The number of hydrogen-bond donors (Lipinski definition) is 1. The zero-order valence-corrected chi connectivity index (χ0v) is 9.09. The van der Waals surface area contributed by atoms with Gasteiger partial charge in [0.1, 0.15) is 0 Å². The molecule has 0 fully saturated rings. The molecule has 1 rings (SSSR count). The summed E-state index contributed by atoms with van der Waals surface area (Å²) in [6.07, 6.45) is 9.06. The van der Waals surface area contributed by atoms with Crippen LogP contribution in [0.1, 0.15) is 46.5 Å². The minimum absolute atomic E-state index is 0.0330. The van der Waals surface area contributed by atoms with Crippen LogP contribution in [0.4, 0.5) is 0 Å². The van der Waals surface area contributed by atoms with Crippen LogP contribution >= 0.6 is 0 Å². The van der Waals surface area contributed by atoms with Gasteiger partial charge >= 0.3 is 0 Å². The SMILES string of the molecule is CC(C)(C)C(O)CC1C=CCCC1. The summed E-state index contributed by atoms with van der Waals surface area (Å²) in [5.41, 5.74) is 0.0330. The van der Waals surface area contributed by atoms with Crippen LogP contribution in [0.25, 0.3) is 0 Å². The molecule has 0 aromatic rings. The molecule has 2 atom stereocenters. The van der Waals surface area contributed by atoms with E-state index in [9.17, 15) is 5.11 Å². The Bertz CT molecular complexity index is 176. The van der Waals surface area contributed by atoms with Crippen molar-refractivity contribution in [3.05, 3.63) is 12.2 Å². The fraction of sp³-hybridized carbons (Fsp3) is 0.833. The van der Waals surface area contributed by atoms with E-state index in [0.29, 0.717) is 5.92 Å². The summed E-state index contributed by atoms with van der Waals surface area (Å²) in [5, 5.41) is 9.90. The fourth-order valence-corrected chi connectivity index (χ4v) is 1.72. The summed E-state index contributed by atoms with van der Waals surface area (Å²) in [6.45, 7) is 6.30. The molecule has 0 bridgehead atoms. The Labute approximate surface area is 81.9 Å². The quantitative estimate of drug-likeness (QED) is 0.650. The number of hydrogen-bond acceptors (Lipinski definition) is 1. The minimum atomic E-state index is -0.166. The average molecular weight is 182 g/mol. The summed E-state index contributed by atoms with van der Waals surface area (Å²) in [7, 11) is 0. The van der Waals surface area contributed by atoms with Gasteiger partial charge in [0.15, 0.2) is 0 Å². The Morgan fingerprint density at radius 2 is 2.15 bits per heavy atom. The highest BCUT2D eigenvalue weighted by atomic mass is 16.3. The third-order valence-electron chi connectivity index (χ3n) is 2.88. The molecule has 0 aliphatic heterocycles. The maximum absolute atomic E-state index is 9.90. The zero-order valence-electron chi connectivity index (χ0n) is 9.09. The molecule has 0 heterocycles. The van der Waals surface area contributed by atoms with Crippen molar-refractivity contribution in [1.29, 1.82) is 0 Å². The third-order valence-corrected chi connectivity index (χ3v) is 2.88. The average Bonchev–Trinajstić information content (AvgIpc) is 2.04. The molecular weight excluding hydrogens is 160 g/mol. The molecule has 1 aliphatic carbocycles. The van der Waals surface area contributed by atoms with Crippen LogP contribution in [0.5, 0.6) is 0 Å². The Hall–Kier alpha value is -0.300. The van der Waals surface area contributed by atoms with Gasteiger partial charge in [-0.1, -0.05) is 32.9 Å². The van der Waals surface area contributed by atoms with E-state index in [4.69, 9.17) is 0 Å². The van der Waals surface area contributed by atoms with Gasteiger partial charge in [-0.05, 0) is 37.0 Å². The summed E-state index contributed by atoms with van der Waals surface area (Å²) >= 11 is 0. The molecule has 1 aliphatic rings. The van der Waals surface area contributed by atoms with Crippen LogP contribution in [0.3, 0.4) is 0 Å². The molecule has 1 heteroatoms. The molecule has 1 nitrogen and oxygen atoms in total. The van der Waals surface area contributed by atoms with E-state index in [1.807, 2.05) is 0 Å². The lowest BCUT2D eigenvalue weighted by molar-refractivity contribution is 0.0447. The summed E-state index contributed by atoms with van der Waals surface area (Å²) in [4.78, 5) is 0. The molecular formula is C12H22O. The van der Waals surface area contributed by atoms with Crippen molar-refractivity contribution in [2.24, 2.45) is 11.3 Å². The third kappa shape index (κ3) is 3.51. The van der Waals surface area contributed by atoms with E-state index in [0.717, 1.165) is 6.42 Å². The van der Waals surface area contributed by atoms with E-state index in [1.165, 1.54) is 19.3 Å². The second kappa shape index (κ2) is 4.28. The van der Waals surface area contributed by atoms with Crippen LogP contribution in [0.2, 0.25) is 0 Å². The van der Waals surface area contributed by atoms with Crippen LogP contribution in [0, 0.1) is 11.3 Å². The van der Waals surface area contributed by atoms with Crippen LogP contribution < -0.4 is 0 Å². The van der Waals surface area contributed by atoms with Gasteiger partial charge in [-0.25, -0.2) is 0 Å². The number of aliphatic hydroxyl groups excluding tert-OH is 1. The van der Waals surface area contributed by atoms with Crippen molar-refractivity contribution in [2.75, 3.05) is 0 Å². The van der Waals surface area contributed by atoms with Crippen LogP contribution in [-0.4, -0.2) is 11.2 Å². The topological polar surface area (TPSA) is 20.2 Å². The molecule has 0 aromatic carbocycles. The van der Waals surface area contributed by atoms with E-state index >= 15 is 0 Å². The maximum atomic E-state index is 9.90. The Morgan fingerprint density at radius 3 is 2.62 bits per heavy atom. The first-order chi connectivity index (χ1) is 6.00. The Balaban J connectivity index is 2.39. The molecule has 0 amide bonds. The smallest absolute Gasteiger partial charge is 0.0594 e. The highest BCUT2D eigenvalue weighted by molar-refractivity contribution is 4.94. The largest absolute Gasteiger partial charge is 0.393 e.